The number of methoxy groups -OCH3 is 1. The van der Waals surface area contributed by atoms with E-state index in [1.54, 1.807) is 7.11 Å². The molecular weight excluding hydrogens is 262 g/mol. The first-order valence-electron chi connectivity index (χ1n) is 7.77. The minimum Gasteiger partial charge on any atom is -0.497 e. The fourth-order valence-corrected chi connectivity index (χ4v) is 4.80. The SMILES string of the molecule is COc1ccc2[nH]c3c(c2c1)CC(=N)N1C[C@H]2C[C@@H]3[C@@H]1C2. The van der Waals surface area contributed by atoms with Crippen molar-refractivity contribution in [1.29, 1.82) is 5.41 Å². The van der Waals surface area contributed by atoms with E-state index in [1.165, 1.54) is 35.0 Å². The highest BCUT2D eigenvalue weighted by Crippen LogP contribution is 2.50. The number of ether oxygens (including phenoxy) is 1. The lowest BCUT2D eigenvalue weighted by atomic mass is 9.93. The maximum absolute atomic E-state index is 8.49. The summed E-state index contributed by atoms with van der Waals surface area (Å²) in [5, 5.41) is 9.73. The number of hydrogen-bond acceptors (Lipinski definition) is 2. The topological polar surface area (TPSA) is 52.1 Å². The minimum absolute atomic E-state index is 0.554. The van der Waals surface area contributed by atoms with Crippen LogP contribution in [0.25, 0.3) is 10.9 Å². The van der Waals surface area contributed by atoms with Crippen LogP contribution in [0.1, 0.15) is 30.0 Å². The molecule has 3 aliphatic rings. The summed E-state index contributed by atoms with van der Waals surface area (Å²) in [4.78, 5) is 6.02. The second-order valence-corrected chi connectivity index (χ2v) is 6.72. The van der Waals surface area contributed by atoms with Crippen molar-refractivity contribution >= 4 is 16.7 Å². The Hall–Kier alpha value is -1.97. The van der Waals surface area contributed by atoms with Gasteiger partial charge in [0.25, 0.3) is 0 Å². The quantitative estimate of drug-likeness (QED) is 0.844. The molecule has 1 aromatic carbocycles. The number of aromatic nitrogens is 1. The number of fused-ring (bicyclic) bond motifs is 5. The molecule has 4 nitrogen and oxygen atoms in total. The van der Waals surface area contributed by atoms with Gasteiger partial charge in [-0.1, -0.05) is 0 Å². The van der Waals surface area contributed by atoms with Gasteiger partial charge in [0.15, 0.2) is 0 Å². The third-order valence-corrected chi connectivity index (χ3v) is 5.69. The van der Waals surface area contributed by atoms with E-state index in [1.807, 2.05) is 6.07 Å². The summed E-state index contributed by atoms with van der Waals surface area (Å²) in [6.07, 6.45) is 3.30. The zero-order valence-electron chi connectivity index (χ0n) is 12.1. The van der Waals surface area contributed by atoms with Gasteiger partial charge in [0.2, 0.25) is 0 Å². The lowest BCUT2D eigenvalue weighted by Gasteiger charge is -2.32. The number of nitrogens with one attached hydrogen (secondary N) is 2. The van der Waals surface area contributed by atoms with Crippen LogP contribution in [0.3, 0.4) is 0 Å². The third-order valence-electron chi connectivity index (χ3n) is 5.69. The number of aromatic amines is 1. The van der Waals surface area contributed by atoms with E-state index in [-0.39, 0.29) is 0 Å². The van der Waals surface area contributed by atoms with Gasteiger partial charge in [-0.15, -0.1) is 0 Å². The lowest BCUT2D eigenvalue weighted by molar-refractivity contribution is 0.291. The molecule has 108 valence electrons. The molecule has 2 bridgehead atoms. The molecule has 3 atom stereocenters. The number of piperidine rings is 1. The van der Waals surface area contributed by atoms with Crippen LogP contribution < -0.4 is 4.74 Å². The zero-order valence-corrected chi connectivity index (χ0v) is 12.1. The van der Waals surface area contributed by atoms with E-state index < -0.39 is 0 Å². The van der Waals surface area contributed by atoms with Crippen LogP contribution in [0.2, 0.25) is 0 Å². The van der Waals surface area contributed by atoms with Gasteiger partial charge in [0.05, 0.1) is 7.11 Å². The summed E-state index contributed by atoms with van der Waals surface area (Å²) < 4.78 is 5.38. The maximum Gasteiger partial charge on any atom is 0.119 e. The monoisotopic (exact) mass is 281 g/mol. The minimum atomic E-state index is 0.554. The molecule has 5 rings (SSSR count). The van der Waals surface area contributed by atoms with Gasteiger partial charge in [-0.2, -0.15) is 0 Å². The average Bonchev–Trinajstić information content (AvgIpc) is 3.17. The smallest absolute Gasteiger partial charge is 0.119 e. The summed E-state index contributed by atoms with van der Waals surface area (Å²) in [7, 11) is 1.71. The molecule has 1 saturated heterocycles. The molecular formula is C17H19N3O. The molecule has 0 unspecified atom stereocenters. The standard InChI is InChI=1S/C17H19N3O/c1-21-10-2-3-14-11(6-10)12-7-16(18)20-8-9-4-13(15(20)5-9)17(12)19-14/h2-3,6,9,13,15,18-19H,4-5,7-8H2,1H3/t9-,13+,15-/m0/s1. The Kier molecular flexibility index (Phi) is 2.12. The van der Waals surface area contributed by atoms with Gasteiger partial charge < -0.3 is 14.6 Å². The highest BCUT2D eigenvalue weighted by molar-refractivity contribution is 5.93. The lowest BCUT2D eigenvalue weighted by Crippen LogP contribution is -2.39. The molecule has 1 aliphatic carbocycles. The van der Waals surface area contributed by atoms with Crippen molar-refractivity contribution in [1.82, 2.24) is 9.88 Å². The Morgan fingerprint density at radius 1 is 1.33 bits per heavy atom. The first kappa shape index (κ1) is 11.7. The van der Waals surface area contributed by atoms with Crippen LogP contribution >= 0.6 is 0 Å². The molecule has 4 heteroatoms. The molecule has 0 radical (unpaired) electrons. The van der Waals surface area contributed by atoms with Crippen molar-refractivity contribution < 1.29 is 4.74 Å². The summed E-state index contributed by atoms with van der Waals surface area (Å²) in [5.41, 5.74) is 3.90. The first-order valence-corrected chi connectivity index (χ1v) is 7.77. The van der Waals surface area contributed by atoms with Gasteiger partial charge in [0.1, 0.15) is 11.6 Å². The molecule has 0 spiro atoms. The van der Waals surface area contributed by atoms with Gasteiger partial charge in [0, 0.05) is 41.5 Å². The van der Waals surface area contributed by atoms with E-state index in [0.717, 1.165) is 30.5 Å². The number of nitrogens with zero attached hydrogens (tertiary/aromatic N) is 1. The highest BCUT2D eigenvalue weighted by atomic mass is 16.5. The molecule has 0 amide bonds. The molecule has 3 heterocycles. The van der Waals surface area contributed by atoms with Gasteiger partial charge in [-0.05, 0) is 42.5 Å². The predicted octanol–water partition coefficient (Wildman–Crippen LogP) is 2.89. The number of benzene rings is 1. The predicted molar refractivity (Wildman–Crippen MR) is 82.2 cm³/mol. The number of amidine groups is 1. The van der Waals surface area contributed by atoms with E-state index in [4.69, 9.17) is 10.1 Å². The largest absolute Gasteiger partial charge is 0.497 e. The van der Waals surface area contributed by atoms with Gasteiger partial charge in [-0.3, -0.25) is 5.41 Å². The summed E-state index contributed by atoms with van der Waals surface area (Å²) in [5.74, 6) is 3.06. The molecule has 1 aromatic heterocycles. The third kappa shape index (κ3) is 1.42. The van der Waals surface area contributed by atoms with Crippen LogP contribution in [-0.2, 0) is 6.42 Å². The van der Waals surface area contributed by atoms with Crippen molar-refractivity contribution in [3.8, 4) is 5.75 Å². The van der Waals surface area contributed by atoms with Crippen molar-refractivity contribution in [3.05, 3.63) is 29.5 Å². The number of hydrogen-bond donors (Lipinski definition) is 2. The van der Waals surface area contributed by atoms with Crippen LogP contribution in [0.5, 0.6) is 5.75 Å². The van der Waals surface area contributed by atoms with E-state index in [0.29, 0.717) is 12.0 Å². The Morgan fingerprint density at radius 3 is 3.05 bits per heavy atom. The molecule has 21 heavy (non-hydrogen) atoms. The number of rotatable bonds is 1. The molecule has 2 aliphatic heterocycles. The molecule has 1 saturated carbocycles. The first-order chi connectivity index (χ1) is 10.2. The molecule has 2 aromatic rings. The molecule has 2 fully saturated rings. The van der Waals surface area contributed by atoms with Gasteiger partial charge in [-0.25, -0.2) is 0 Å². The fourth-order valence-electron chi connectivity index (χ4n) is 4.80. The summed E-state index contributed by atoms with van der Waals surface area (Å²) in [6, 6.07) is 6.79. The second kappa shape index (κ2) is 3.81. The van der Waals surface area contributed by atoms with Crippen LogP contribution in [0.15, 0.2) is 18.2 Å². The Balaban J connectivity index is 1.75. The van der Waals surface area contributed by atoms with Crippen molar-refractivity contribution in [3.63, 3.8) is 0 Å². The average molecular weight is 281 g/mol. The normalized spacial score (nSPS) is 29.9. The maximum atomic E-state index is 8.49. The summed E-state index contributed by atoms with van der Waals surface area (Å²) >= 11 is 0. The van der Waals surface area contributed by atoms with E-state index in [9.17, 15) is 0 Å². The van der Waals surface area contributed by atoms with Crippen LogP contribution in [0.4, 0.5) is 0 Å². The van der Waals surface area contributed by atoms with Crippen molar-refractivity contribution in [2.24, 2.45) is 5.92 Å². The summed E-state index contributed by atoms with van der Waals surface area (Å²) in [6.45, 7) is 1.10. The van der Waals surface area contributed by atoms with Crippen molar-refractivity contribution in [2.45, 2.75) is 31.2 Å². The van der Waals surface area contributed by atoms with Crippen LogP contribution in [-0.4, -0.2) is 35.4 Å². The second-order valence-electron chi connectivity index (χ2n) is 6.72. The van der Waals surface area contributed by atoms with Crippen molar-refractivity contribution in [2.75, 3.05) is 13.7 Å². The molecule has 2 N–H and O–H groups in total. The zero-order chi connectivity index (χ0) is 14.1. The Bertz CT molecular complexity index is 763. The van der Waals surface area contributed by atoms with Crippen LogP contribution in [0, 0.1) is 11.3 Å². The van der Waals surface area contributed by atoms with E-state index in [2.05, 4.69) is 22.0 Å². The Morgan fingerprint density at radius 2 is 2.24 bits per heavy atom. The van der Waals surface area contributed by atoms with E-state index >= 15 is 0 Å². The highest BCUT2D eigenvalue weighted by Gasteiger charge is 2.49. The fraction of sp³-hybridized carbons (Fsp3) is 0.471. The number of H-pyrrole nitrogens is 1. The van der Waals surface area contributed by atoms with Gasteiger partial charge >= 0.3 is 0 Å². The Labute approximate surface area is 123 Å².